The minimum atomic E-state index is -0.940. The van der Waals surface area contributed by atoms with E-state index in [0.29, 0.717) is 24.2 Å². The van der Waals surface area contributed by atoms with Crippen LogP contribution in [0.25, 0.3) is 0 Å². The van der Waals surface area contributed by atoms with E-state index < -0.39 is 23.8 Å². The fraction of sp³-hybridized carbons (Fsp3) is 0.444. The monoisotopic (exact) mass is 358 g/mol. The van der Waals surface area contributed by atoms with Crippen LogP contribution in [0.4, 0.5) is 0 Å². The minimum absolute atomic E-state index is 0.0284. The summed E-state index contributed by atoms with van der Waals surface area (Å²) in [6.07, 6.45) is 0.261. The second-order valence-electron chi connectivity index (χ2n) is 7.00. The molecular formula is C18H22N4O4. The number of piperidine rings is 1. The number of imide groups is 2. The first-order chi connectivity index (χ1) is 12.3. The van der Waals surface area contributed by atoms with Crippen molar-refractivity contribution in [3.63, 3.8) is 0 Å². The maximum atomic E-state index is 12.8. The van der Waals surface area contributed by atoms with E-state index >= 15 is 0 Å². The summed E-state index contributed by atoms with van der Waals surface area (Å²) in [4.78, 5) is 51.7. The average Bonchev–Trinajstić information content (AvgIpc) is 2.78. The number of fused-ring (bicyclic) bond motifs is 1. The maximum absolute atomic E-state index is 12.8. The standard InChI is InChI=1S/C18H22N4O4/c1-10(19)8-21(2)9-11-3-4-12-13(7-11)18(26)22(17(12)25)14-5-6-15(23)20-16(14)24/h3-4,7,10,14H,5-6,8-9,19H2,1-2H3,(H,20,23,24). The van der Waals surface area contributed by atoms with Crippen LogP contribution in [0, 0.1) is 0 Å². The molecule has 3 rings (SSSR count). The van der Waals surface area contributed by atoms with Crippen LogP contribution in [0.5, 0.6) is 0 Å². The van der Waals surface area contributed by atoms with Crippen LogP contribution in [0.15, 0.2) is 18.2 Å². The van der Waals surface area contributed by atoms with E-state index in [2.05, 4.69) is 5.32 Å². The van der Waals surface area contributed by atoms with E-state index in [1.54, 1.807) is 18.2 Å². The van der Waals surface area contributed by atoms with Gasteiger partial charge in [-0.3, -0.25) is 29.4 Å². The van der Waals surface area contributed by atoms with E-state index in [1.807, 2.05) is 18.9 Å². The summed E-state index contributed by atoms with van der Waals surface area (Å²) >= 11 is 0. The molecule has 138 valence electrons. The molecule has 2 atom stereocenters. The van der Waals surface area contributed by atoms with Gasteiger partial charge < -0.3 is 10.6 Å². The smallest absolute Gasteiger partial charge is 0.262 e. The first-order valence-corrected chi connectivity index (χ1v) is 8.56. The maximum Gasteiger partial charge on any atom is 0.262 e. The molecule has 0 aliphatic carbocycles. The number of nitrogens with two attached hydrogens (primary N) is 1. The SMILES string of the molecule is CC(N)CN(C)Cc1ccc2c(c1)C(=O)N(C1CCC(=O)NC1=O)C2=O. The van der Waals surface area contributed by atoms with Crippen LogP contribution < -0.4 is 11.1 Å². The van der Waals surface area contributed by atoms with Crippen molar-refractivity contribution in [1.29, 1.82) is 0 Å². The van der Waals surface area contributed by atoms with Crippen molar-refractivity contribution in [2.24, 2.45) is 5.73 Å². The van der Waals surface area contributed by atoms with Gasteiger partial charge in [-0.05, 0) is 38.1 Å². The highest BCUT2D eigenvalue weighted by molar-refractivity contribution is 6.23. The number of carbonyl (C=O) groups excluding carboxylic acids is 4. The molecule has 2 aliphatic rings. The number of hydrogen-bond acceptors (Lipinski definition) is 6. The lowest BCUT2D eigenvalue weighted by Crippen LogP contribution is -2.54. The Morgan fingerprint density at radius 1 is 1.23 bits per heavy atom. The zero-order valence-corrected chi connectivity index (χ0v) is 14.8. The average molecular weight is 358 g/mol. The third kappa shape index (κ3) is 3.38. The Balaban J connectivity index is 1.81. The molecule has 0 spiro atoms. The summed E-state index contributed by atoms with van der Waals surface area (Å²) in [5.41, 5.74) is 7.27. The van der Waals surface area contributed by atoms with Crippen molar-refractivity contribution in [3.8, 4) is 0 Å². The minimum Gasteiger partial charge on any atom is -0.327 e. The van der Waals surface area contributed by atoms with Crippen LogP contribution in [0.2, 0.25) is 0 Å². The fourth-order valence-electron chi connectivity index (χ4n) is 3.48. The number of carbonyl (C=O) groups is 4. The summed E-state index contributed by atoms with van der Waals surface area (Å²) < 4.78 is 0. The Kier molecular flexibility index (Phi) is 4.88. The molecule has 26 heavy (non-hydrogen) atoms. The predicted octanol–water partition coefficient (Wildman–Crippen LogP) is -0.133. The Morgan fingerprint density at radius 3 is 2.58 bits per heavy atom. The lowest BCUT2D eigenvalue weighted by molar-refractivity contribution is -0.136. The zero-order chi connectivity index (χ0) is 19.0. The van der Waals surface area contributed by atoms with Gasteiger partial charge in [-0.2, -0.15) is 0 Å². The largest absolute Gasteiger partial charge is 0.327 e. The van der Waals surface area contributed by atoms with Gasteiger partial charge in [-0.1, -0.05) is 6.07 Å². The molecule has 8 heteroatoms. The molecule has 0 aromatic heterocycles. The summed E-state index contributed by atoms with van der Waals surface area (Å²) in [5, 5.41) is 2.19. The normalized spacial score (nSPS) is 21.2. The number of nitrogens with one attached hydrogen (secondary N) is 1. The summed E-state index contributed by atoms with van der Waals surface area (Å²) in [6, 6.07) is 4.20. The van der Waals surface area contributed by atoms with Gasteiger partial charge in [0, 0.05) is 25.6 Å². The molecule has 1 aromatic carbocycles. The van der Waals surface area contributed by atoms with Crippen LogP contribution in [0.3, 0.4) is 0 Å². The van der Waals surface area contributed by atoms with Gasteiger partial charge in [0.25, 0.3) is 11.8 Å². The third-order valence-electron chi connectivity index (χ3n) is 4.56. The van der Waals surface area contributed by atoms with E-state index in [9.17, 15) is 19.2 Å². The van der Waals surface area contributed by atoms with Crippen LogP contribution in [-0.4, -0.2) is 59.1 Å². The van der Waals surface area contributed by atoms with E-state index in [1.165, 1.54) is 0 Å². The van der Waals surface area contributed by atoms with Crippen molar-refractivity contribution < 1.29 is 19.2 Å². The molecule has 2 heterocycles. The summed E-state index contributed by atoms with van der Waals surface area (Å²) in [5.74, 6) is -1.97. The second kappa shape index (κ2) is 6.97. The van der Waals surface area contributed by atoms with Crippen LogP contribution in [-0.2, 0) is 16.1 Å². The molecule has 1 fully saturated rings. The van der Waals surface area contributed by atoms with Crippen LogP contribution >= 0.6 is 0 Å². The first-order valence-electron chi connectivity index (χ1n) is 8.56. The van der Waals surface area contributed by atoms with Gasteiger partial charge in [0.05, 0.1) is 11.1 Å². The Morgan fingerprint density at radius 2 is 1.92 bits per heavy atom. The summed E-state index contributed by atoms with van der Waals surface area (Å²) in [6.45, 7) is 3.21. The van der Waals surface area contributed by atoms with Gasteiger partial charge in [0.15, 0.2) is 0 Å². The first kappa shape index (κ1) is 18.2. The lowest BCUT2D eigenvalue weighted by atomic mass is 10.0. The number of benzene rings is 1. The topological polar surface area (TPSA) is 113 Å². The van der Waals surface area contributed by atoms with Crippen molar-refractivity contribution >= 4 is 23.6 Å². The molecule has 2 unspecified atom stereocenters. The van der Waals surface area contributed by atoms with Gasteiger partial charge in [0.2, 0.25) is 11.8 Å². The third-order valence-corrected chi connectivity index (χ3v) is 4.56. The lowest BCUT2D eigenvalue weighted by Gasteiger charge is -2.27. The molecule has 1 saturated heterocycles. The Labute approximate surface area is 151 Å². The number of likely N-dealkylation sites (N-methyl/N-ethyl adjacent to an activating group) is 1. The van der Waals surface area contributed by atoms with Gasteiger partial charge in [-0.15, -0.1) is 0 Å². The second-order valence-corrected chi connectivity index (χ2v) is 7.00. The zero-order valence-electron chi connectivity index (χ0n) is 14.8. The van der Waals surface area contributed by atoms with Gasteiger partial charge in [-0.25, -0.2) is 0 Å². The quantitative estimate of drug-likeness (QED) is 0.709. The molecule has 0 radical (unpaired) electrons. The van der Waals surface area contributed by atoms with E-state index in [0.717, 1.165) is 10.5 Å². The van der Waals surface area contributed by atoms with Crippen molar-refractivity contribution in [2.45, 2.75) is 38.4 Å². The number of nitrogens with zero attached hydrogens (tertiary/aromatic N) is 2. The molecule has 8 nitrogen and oxygen atoms in total. The predicted molar refractivity (Wildman–Crippen MR) is 93.1 cm³/mol. The number of rotatable bonds is 5. The molecule has 2 aliphatic heterocycles. The Bertz CT molecular complexity index is 789. The highest BCUT2D eigenvalue weighted by atomic mass is 16.2. The van der Waals surface area contributed by atoms with Gasteiger partial charge >= 0.3 is 0 Å². The molecule has 0 saturated carbocycles. The molecule has 3 N–H and O–H groups in total. The highest BCUT2D eigenvalue weighted by Gasteiger charge is 2.44. The molecule has 4 amide bonds. The van der Waals surface area contributed by atoms with E-state index in [-0.39, 0.29) is 24.8 Å². The molecule has 1 aromatic rings. The number of amides is 4. The highest BCUT2D eigenvalue weighted by Crippen LogP contribution is 2.28. The molecular weight excluding hydrogens is 336 g/mol. The van der Waals surface area contributed by atoms with Crippen molar-refractivity contribution in [3.05, 3.63) is 34.9 Å². The molecule has 0 bridgehead atoms. The van der Waals surface area contributed by atoms with Crippen LogP contribution in [0.1, 0.15) is 46.0 Å². The Hall–Kier alpha value is -2.58. The van der Waals surface area contributed by atoms with Crippen molar-refractivity contribution in [1.82, 2.24) is 15.1 Å². The number of hydrogen-bond donors (Lipinski definition) is 2. The van der Waals surface area contributed by atoms with Gasteiger partial charge in [0.1, 0.15) is 6.04 Å². The fourth-order valence-corrected chi connectivity index (χ4v) is 3.48. The van der Waals surface area contributed by atoms with Crippen molar-refractivity contribution in [2.75, 3.05) is 13.6 Å². The summed E-state index contributed by atoms with van der Waals surface area (Å²) in [7, 11) is 1.93. The van der Waals surface area contributed by atoms with E-state index in [4.69, 9.17) is 5.73 Å².